The van der Waals surface area contributed by atoms with Crippen molar-refractivity contribution in [1.82, 2.24) is 4.90 Å². The fraction of sp³-hybridized carbons (Fsp3) is 0.529. The van der Waals surface area contributed by atoms with Crippen LogP contribution < -0.4 is 5.32 Å². The fourth-order valence-electron chi connectivity index (χ4n) is 2.77. The Balaban J connectivity index is 1.87. The van der Waals surface area contributed by atoms with Crippen LogP contribution in [0.15, 0.2) is 22.7 Å². The van der Waals surface area contributed by atoms with Gasteiger partial charge in [-0.05, 0) is 38.0 Å². The number of piperidine rings is 1. The minimum Gasteiger partial charge on any atom is -0.466 e. The van der Waals surface area contributed by atoms with Gasteiger partial charge in [-0.2, -0.15) is 13.2 Å². The number of nitrogens with zero attached hydrogens (tertiary/aromatic N) is 1. The lowest BCUT2D eigenvalue weighted by molar-refractivity contribution is -0.151. The minimum atomic E-state index is -4.48. The summed E-state index contributed by atoms with van der Waals surface area (Å²) < 4.78 is 43.6. The molecule has 0 spiro atoms. The first-order chi connectivity index (χ1) is 12.2. The highest BCUT2D eigenvalue weighted by atomic mass is 79.9. The molecule has 26 heavy (non-hydrogen) atoms. The number of esters is 1. The van der Waals surface area contributed by atoms with Crippen LogP contribution in [0.1, 0.15) is 25.3 Å². The van der Waals surface area contributed by atoms with Gasteiger partial charge in [-0.25, -0.2) is 0 Å². The number of alkyl halides is 3. The Labute approximate surface area is 158 Å². The van der Waals surface area contributed by atoms with Gasteiger partial charge in [-0.1, -0.05) is 15.9 Å². The maximum absolute atomic E-state index is 12.9. The minimum absolute atomic E-state index is 0.0529. The van der Waals surface area contributed by atoms with E-state index < -0.39 is 11.7 Å². The highest BCUT2D eigenvalue weighted by Crippen LogP contribution is 2.36. The molecule has 5 nitrogen and oxygen atoms in total. The Bertz CT molecular complexity index is 659. The van der Waals surface area contributed by atoms with Crippen molar-refractivity contribution in [2.24, 2.45) is 5.92 Å². The van der Waals surface area contributed by atoms with Crippen molar-refractivity contribution in [2.45, 2.75) is 25.9 Å². The van der Waals surface area contributed by atoms with E-state index in [4.69, 9.17) is 4.74 Å². The molecule has 0 aromatic heterocycles. The molecule has 0 unspecified atom stereocenters. The largest absolute Gasteiger partial charge is 0.466 e. The molecule has 0 atom stereocenters. The Morgan fingerprint density at radius 3 is 2.54 bits per heavy atom. The Kier molecular flexibility index (Phi) is 6.91. The van der Waals surface area contributed by atoms with E-state index in [-0.39, 0.29) is 34.5 Å². The number of hydrogen-bond donors (Lipinski definition) is 1. The molecule has 0 aliphatic carbocycles. The monoisotopic (exact) mass is 436 g/mol. The molecular weight excluding hydrogens is 417 g/mol. The van der Waals surface area contributed by atoms with Gasteiger partial charge in [0.25, 0.3) is 0 Å². The molecule has 0 saturated carbocycles. The topological polar surface area (TPSA) is 58.6 Å². The molecule has 144 valence electrons. The van der Waals surface area contributed by atoms with Crippen LogP contribution in [0.4, 0.5) is 18.9 Å². The summed E-state index contributed by atoms with van der Waals surface area (Å²) in [5, 5.41) is 2.73. The lowest BCUT2D eigenvalue weighted by atomic mass is 9.97. The molecule has 1 aromatic rings. The first kappa shape index (κ1) is 20.5. The molecule has 1 amide bonds. The summed E-state index contributed by atoms with van der Waals surface area (Å²) >= 11 is 2.88. The van der Waals surface area contributed by atoms with E-state index >= 15 is 0 Å². The summed E-state index contributed by atoms with van der Waals surface area (Å²) in [4.78, 5) is 25.5. The van der Waals surface area contributed by atoms with Crippen LogP contribution in [-0.4, -0.2) is 43.0 Å². The van der Waals surface area contributed by atoms with Crippen LogP contribution in [0.25, 0.3) is 0 Å². The molecular formula is C17H20BrF3N2O3. The average Bonchev–Trinajstić information content (AvgIpc) is 2.60. The summed E-state index contributed by atoms with van der Waals surface area (Å²) in [6.07, 6.45) is -3.42. The molecule has 0 radical (unpaired) electrons. The third-order valence-corrected chi connectivity index (χ3v) is 4.87. The Morgan fingerprint density at radius 1 is 1.31 bits per heavy atom. The van der Waals surface area contributed by atoms with Gasteiger partial charge in [0.15, 0.2) is 0 Å². The van der Waals surface area contributed by atoms with Gasteiger partial charge in [0.2, 0.25) is 5.91 Å². The predicted octanol–water partition coefficient (Wildman–Crippen LogP) is 3.68. The number of anilines is 1. The summed E-state index contributed by atoms with van der Waals surface area (Å²) in [7, 11) is 0. The number of hydrogen-bond acceptors (Lipinski definition) is 4. The standard InChI is InChI=1S/C17H20BrF3N2O3/c1-2-26-16(25)11-5-7-23(8-6-11)15(24)10-22-12-3-4-14(18)13(9-12)17(19,20)21/h3-4,9,11,22H,2,5-8,10H2,1H3. The van der Waals surface area contributed by atoms with Gasteiger partial charge >= 0.3 is 12.1 Å². The second kappa shape index (κ2) is 8.75. The third kappa shape index (κ3) is 5.36. The van der Waals surface area contributed by atoms with Gasteiger partial charge in [0, 0.05) is 23.2 Å². The summed E-state index contributed by atoms with van der Waals surface area (Å²) in [6, 6.07) is 3.73. The molecule has 1 aliphatic heterocycles. The van der Waals surface area contributed by atoms with E-state index in [0.717, 1.165) is 6.07 Å². The number of ether oxygens (including phenoxy) is 1. The van der Waals surface area contributed by atoms with Crippen molar-refractivity contribution in [2.75, 3.05) is 31.6 Å². The number of rotatable bonds is 5. The highest BCUT2D eigenvalue weighted by Gasteiger charge is 2.33. The van der Waals surface area contributed by atoms with Gasteiger partial charge in [-0.3, -0.25) is 9.59 Å². The summed E-state index contributed by atoms with van der Waals surface area (Å²) in [5.41, 5.74) is -0.583. The Morgan fingerprint density at radius 2 is 1.96 bits per heavy atom. The number of halogens is 4. The molecule has 1 aromatic carbocycles. The first-order valence-electron chi connectivity index (χ1n) is 8.27. The average molecular weight is 437 g/mol. The number of carbonyl (C=O) groups excluding carboxylic acids is 2. The molecule has 1 N–H and O–H groups in total. The van der Waals surface area contributed by atoms with Crippen LogP contribution in [0.3, 0.4) is 0 Å². The normalized spacial score (nSPS) is 15.7. The maximum Gasteiger partial charge on any atom is 0.417 e. The molecule has 1 aliphatic rings. The lowest BCUT2D eigenvalue weighted by Crippen LogP contribution is -2.43. The SMILES string of the molecule is CCOC(=O)C1CCN(C(=O)CNc2ccc(Br)c(C(F)(F)F)c2)CC1. The van der Waals surface area contributed by atoms with E-state index in [9.17, 15) is 22.8 Å². The second-order valence-electron chi connectivity index (χ2n) is 5.95. The number of likely N-dealkylation sites (tertiary alicyclic amines) is 1. The van der Waals surface area contributed by atoms with Crippen LogP contribution >= 0.6 is 15.9 Å². The second-order valence-corrected chi connectivity index (χ2v) is 6.81. The number of amides is 1. The lowest BCUT2D eigenvalue weighted by Gasteiger charge is -2.31. The van der Waals surface area contributed by atoms with Crippen molar-refractivity contribution >= 4 is 33.5 Å². The van der Waals surface area contributed by atoms with Gasteiger partial charge in [-0.15, -0.1) is 0 Å². The van der Waals surface area contributed by atoms with E-state index in [1.165, 1.54) is 12.1 Å². The zero-order chi connectivity index (χ0) is 19.3. The number of benzene rings is 1. The molecule has 2 rings (SSSR count). The molecule has 0 bridgehead atoms. The van der Waals surface area contributed by atoms with E-state index in [1.807, 2.05) is 0 Å². The van der Waals surface area contributed by atoms with Gasteiger partial charge in [0.05, 0.1) is 24.6 Å². The van der Waals surface area contributed by atoms with E-state index in [0.29, 0.717) is 32.5 Å². The number of nitrogens with one attached hydrogen (secondary N) is 1. The fourth-order valence-corrected chi connectivity index (χ4v) is 3.24. The van der Waals surface area contributed by atoms with Crippen LogP contribution in [0.5, 0.6) is 0 Å². The van der Waals surface area contributed by atoms with Crippen LogP contribution in [-0.2, 0) is 20.5 Å². The van der Waals surface area contributed by atoms with Gasteiger partial charge < -0.3 is 15.0 Å². The van der Waals surface area contributed by atoms with E-state index in [1.54, 1.807) is 11.8 Å². The van der Waals surface area contributed by atoms with Crippen molar-refractivity contribution in [3.8, 4) is 0 Å². The maximum atomic E-state index is 12.9. The zero-order valence-electron chi connectivity index (χ0n) is 14.2. The quantitative estimate of drug-likeness (QED) is 0.715. The first-order valence-corrected chi connectivity index (χ1v) is 9.06. The third-order valence-electron chi connectivity index (χ3n) is 4.18. The summed E-state index contributed by atoms with van der Waals surface area (Å²) in [5.74, 6) is -0.663. The van der Waals surface area contributed by atoms with Crippen molar-refractivity contribution < 1.29 is 27.5 Å². The number of carbonyl (C=O) groups is 2. The molecule has 1 heterocycles. The van der Waals surface area contributed by atoms with Crippen LogP contribution in [0, 0.1) is 5.92 Å². The molecule has 1 fully saturated rings. The van der Waals surface area contributed by atoms with Crippen molar-refractivity contribution in [3.05, 3.63) is 28.2 Å². The van der Waals surface area contributed by atoms with Crippen molar-refractivity contribution in [1.29, 1.82) is 0 Å². The Hall–Kier alpha value is -1.77. The predicted molar refractivity (Wildman–Crippen MR) is 93.6 cm³/mol. The zero-order valence-corrected chi connectivity index (χ0v) is 15.8. The van der Waals surface area contributed by atoms with E-state index in [2.05, 4.69) is 21.2 Å². The van der Waals surface area contributed by atoms with Gasteiger partial charge in [0.1, 0.15) is 0 Å². The molecule has 1 saturated heterocycles. The smallest absolute Gasteiger partial charge is 0.417 e. The highest BCUT2D eigenvalue weighted by molar-refractivity contribution is 9.10. The van der Waals surface area contributed by atoms with Crippen molar-refractivity contribution in [3.63, 3.8) is 0 Å². The van der Waals surface area contributed by atoms with Crippen LogP contribution in [0.2, 0.25) is 0 Å². The molecule has 9 heteroatoms. The summed E-state index contributed by atoms with van der Waals surface area (Å²) in [6.45, 7) is 2.82.